The fourth-order valence-electron chi connectivity index (χ4n) is 3.18. The van der Waals surface area contributed by atoms with Crippen molar-refractivity contribution >= 4 is 17.6 Å². The average molecular weight is 356 g/mol. The molecule has 2 aromatic rings. The van der Waals surface area contributed by atoms with Crippen molar-refractivity contribution in [3.63, 3.8) is 0 Å². The van der Waals surface area contributed by atoms with Gasteiger partial charge in [0.2, 0.25) is 0 Å². The molecule has 2 N–H and O–H groups in total. The maximum Gasteiger partial charge on any atom is 0.306 e. The minimum atomic E-state index is -0.716. The summed E-state index contributed by atoms with van der Waals surface area (Å²) in [7, 11) is 0. The van der Waals surface area contributed by atoms with Crippen molar-refractivity contribution in [3.8, 4) is 0 Å². The highest BCUT2D eigenvalue weighted by Crippen LogP contribution is 2.20. The summed E-state index contributed by atoms with van der Waals surface area (Å²) < 4.78 is 13.2. The molecule has 0 bridgehead atoms. The van der Waals surface area contributed by atoms with Gasteiger partial charge in [-0.3, -0.25) is 14.5 Å². The van der Waals surface area contributed by atoms with Crippen LogP contribution >= 0.6 is 0 Å². The van der Waals surface area contributed by atoms with E-state index in [4.69, 9.17) is 5.11 Å². The Morgan fingerprint density at radius 3 is 2.54 bits per heavy atom. The molecule has 0 radical (unpaired) electrons. The molecule has 0 atom stereocenters. The summed E-state index contributed by atoms with van der Waals surface area (Å²) in [4.78, 5) is 25.5. The SMILES string of the molecule is O=C(Nc1cccc(CN2CCC(C(=O)O)CC2)c1)c1cccc(F)c1. The first-order chi connectivity index (χ1) is 12.5. The molecule has 0 unspecified atom stereocenters. The zero-order valence-corrected chi connectivity index (χ0v) is 14.3. The molecular weight excluding hydrogens is 335 g/mol. The number of carboxylic acids is 1. The van der Waals surface area contributed by atoms with Crippen LogP contribution in [0.2, 0.25) is 0 Å². The van der Waals surface area contributed by atoms with E-state index in [9.17, 15) is 14.0 Å². The first-order valence-corrected chi connectivity index (χ1v) is 8.62. The highest BCUT2D eigenvalue weighted by molar-refractivity contribution is 6.04. The summed E-state index contributed by atoms with van der Waals surface area (Å²) in [5.74, 6) is -1.77. The predicted octanol–water partition coefficient (Wildman–Crippen LogP) is 3.37. The van der Waals surface area contributed by atoms with Gasteiger partial charge in [0, 0.05) is 17.8 Å². The standard InChI is InChI=1S/C20H21FN2O3/c21-17-5-2-4-16(12-17)19(24)22-18-6-1-3-14(11-18)13-23-9-7-15(8-10-23)20(25)26/h1-6,11-12,15H,7-10,13H2,(H,22,24)(H,25,26). The number of halogens is 1. The molecule has 1 heterocycles. The van der Waals surface area contributed by atoms with Gasteiger partial charge in [-0.25, -0.2) is 4.39 Å². The van der Waals surface area contributed by atoms with Gasteiger partial charge in [0.15, 0.2) is 0 Å². The third kappa shape index (κ3) is 4.67. The third-order valence-electron chi connectivity index (χ3n) is 4.61. The zero-order chi connectivity index (χ0) is 18.5. The molecule has 1 amide bonds. The van der Waals surface area contributed by atoms with E-state index in [0.717, 1.165) is 18.7 Å². The lowest BCUT2D eigenvalue weighted by atomic mass is 9.97. The molecule has 0 saturated carbocycles. The smallest absolute Gasteiger partial charge is 0.306 e. The molecule has 0 spiro atoms. The van der Waals surface area contributed by atoms with E-state index in [1.165, 1.54) is 18.2 Å². The van der Waals surface area contributed by atoms with Crippen molar-refractivity contribution in [1.29, 1.82) is 0 Å². The fourth-order valence-corrected chi connectivity index (χ4v) is 3.18. The van der Waals surface area contributed by atoms with E-state index in [2.05, 4.69) is 10.2 Å². The van der Waals surface area contributed by atoms with E-state index in [1.54, 1.807) is 12.1 Å². The molecule has 6 heteroatoms. The lowest BCUT2D eigenvalue weighted by molar-refractivity contribution is -0.143. The molecule has 5 nitrogen and oxygen atoms in total. The number of nitrogens with zero attached hydrogens (tertiary/aromatic N) is 1. The summed E-state index contributed by atoms with van der Waals surface area (Å²) in [6, 6.07) is 13.1. The van der Waals surface area contributed by atoms with Crippen molar-refractivity contribution in [2.75, 3.05) is 18.4 Å². The van der Waals surface area contributed by atoms with Crippen LogP contribution in [-0.4, -0.2) is 35.0 Å². The molecule has 136 valence electrons. The van der Waals surface area contributed by atoms with Crippen LogP contribution in [0.3, 0.4) is 0 Å². The molecule has 26 heavy (non-hydrogen) atoms. The van der Waals surface area contributed by atoms with Crippen LogP contribution in [0.15, 0.2) is 48.5 Å². The average Bonchev–Trinajstić information content (AvgIpc) is 2.62. The van der Waals surface area contributed by atoms with Crippen LogP contribution in [0.4, 0.5) is 10.1 Å². The van der Waals surface area contributed by atoms with Crippen LogP contribution in [0.1, 0.15) is 28.8 Å². The zero-order valence-electron chi connectivity index (χ0n) is 14.3. The lowest BCUT2D eigenvalue weighted by Crippen LogP contribution is -2.35. The number of hydrogen-bond donors (Lipinski definition) is 2. The van der Waals surface area contributed by atoms with Crippen molar-refractivity contribution in [2.45, 2.75) is 19.4 Å². The number of benzene rings is 2. The van der Waals surface area contributed by atoms with Gasteiger partial charge >= 0.3 is 5.97 Å². The largest absolute Gasteiger partial charge is 0.481 e. The Balaban J connectivity index is 1.60. The number of carbonyl (C=O) groups is 2. The quantitative estimate of drug-likeness (QED) is 0.862. The van der Waals surface area contributed by atoms with E-state index >= 15 is 0 Å². The van der Waals surface area contributed by atoms with Gasteiger partial charge in [-0.15, -0.1) is 0 Å². The van der Waals surface area contributed by atoms with Gasteiger partial charge in [0.1, 0.15) is 5.82 Å². The molecule has 0 aromatic heterocycles. The monoisotopic (exact) mass is 356 g/mol. The molecule has 1 aliphatic rings. The highest BCUT2D eigenvalue weighted by Gasteiger charge is 2.24. The van der Waals surface area contributed by atoms with Crippen LogP contribution in [0.25, 0.3) is 0 Å². The molecule has 0 aliphatic carbocycles. The lowest BCUT2D eigenvalue weighted by Gasteiger charge is -2.30. The Morgan fingerprint density at radius 2 is 1.85 bits per heavy atom. The summed E-state index contributed by atoms with van der Waals surface area (Å²) in [5, 5.41) is 11.8. The molecule has 1 fully saturated rings. The molecular formula is C20H21FN2O3. The van der Waals surface area contributed by atoms with Crippen LogP contribution in [0, 0.1) is 11.7 Å². The van der Waals surface area contributed by atoms with E-state index < -0.39 is 11.8 Å². The second-order valence-electron chi connectivity index (χ2n) is 6.55. The number of piperidine rings is 1. The maximum absolute atomic E-state index is 13.2. The Morgan fingerprint density at radius 1 is 1.12 bits per heavy atom. The van der Waals surface area contributed by atoms with E-state index in [0.29, 0.717) is 25.1 Å². The summed E-state index contributed by atoms with van der Waals surface area (Å²) >= 11 is 0. The molecule has 1 saturated heterocycles. The van der Waals surface area contributed by atoms with Gasteiger partial charge in [-0.1, -0.05) is 18.2 Å². The number of carbonyl (C=O) groups excluding carboxylic acids is 1. The van der Waals surface area contributed by atoms with Gasteiger partial charge in [0.25, 0.3) is 5.91 Å². The summed E-state index contributed by atoms with van der Waals surface area (Å²) in [6.07, 6.45) is 1.32. The van der Waals surface area contributed by atoms with Crippen molar-refractivity contribution in [2.24, 2.45) is 5.92 Å². The second-order valence-corrected chi connectivity index (χ2v) is 6.55. The number of rotatable bonds is 5. The van der Waals surface area contributed by atoms with E-state index in [-0.39, 0.29) is 17.4 Å². The Labute approximate surface area is 151 Å². The predicted molar refractivity (Wildman–Crippen MR) is 96.4 cm³/mol. The van der Waals surface area contributed by atoms with Gasteiger partial charge < -0.3 is 10.4 Å². The van der Waals surface area contributed by atoms with E-state index in [1.807, 2.05) is 18.2 Å². The topological polar surface area (TPSA) is 69.6 Å². The van der Waals surface area contributed by atoms with Crippen molar-refractivity contribution in [1.82, 2.24) is 4.90 Å². The summed E-state index contributed by atoms with van der Waals surface area (Å²) in [6.45, 7) is 2.20. The number of amides is 1. The maximum atomic E-state index is 13.2. The number of anilines is 1. The number of aliphatic carboxylic acids is 1. The van der Waals surface area contributed by atoms with Crippen molar-refractivity contribution in [3.05, 3.63) is 65.5 Å². The van der Waals surface area contributed by atoms with Crippen LogP contribution in [0.5, 0.6) is 0 Å². The molecule has 2 aromatic carbocycles. The number of likely N-dealkylation sites (tertiary alicyclic amines) is 1. The number of nitrogens with one attached hydrogen (secondary N) is 1. The third-order valence-corrected chi connectivity index (χ3v) is 4.61. The Bertz CT molecular complexity index is 801. The minimum Gasteiger partial charge on any atom is -0.481 e. The molecule has 1 aliphatic heterocycles. The Hall–Kier alpha value is -2.73. The fraction of sp³-hybridized carbons (Fsp3) is 0.300. The Kier molecular flexibility index (Phi) is 5.63. The van der Waals surface area contributed by atoms with Crippen molar-refractivity contribution < 1.29 is 19.1 Å². The van der Waals surface area contributed by atoms with Gasteiger partial charge in [-0.05, 0) is 61.8 Å². The minimum absolute atomic E-state index is 0.247. The number of hydrogen-bond acceptors (Lipinski definition) is 3. The first kappa shape index (κ1) is 18.1. The van der Waals surface area contributed by atoms with Gasteiger partial charge in [-0.2, -0.15) is 0 Å². The first-order valence-electron chi connectivity index (χ1n) is 8.62. The summed E-state index contributed by atoms with van der Waals surface area (Å²) in [5.41, 5.74) is 1.96. The molecule has 3 rings (SSSR count). The highest BCUT2D eigenvalue weighted by atomic mass is 19.1. The van der Waals surface area contributed by atoms with Gasteiger partial charge in [0.05, 0.1) is 5.92 Å². The van der Waals surface area contributed by atoms with Crippen LogP contribution < -0.4 is 5.32 Å². The normalized spacial score (nSPS) is 15.6. The van der Waals surface area contributed by atoms with Crippen LogP contribution in [-0.2, 0) is 11.3 Å². The number of carboxylic acid groups (broad SMARTS) is 1. The second kappa shape index (κ2) is 8.10.